The predicted molar refractivity (Wildman–Crippen MR) is 128 cm³/mol. The molecule has 2 heterocycles. The Morgan fingerprint density at radius 1 is 0.586 bits per heavy atom. The lowest BCUT2D eigenvalue weighted by molar-refractivity contribution is 0.586. The maximum atomic E-state index is 15.1. The first-order valence-electron chi connectivity index (χ1n) is 9.29. The molecule has 0 N–H and O–H groups in total. The lowest BCUT2D eigenvalue weighted by Crippen LogP contribution is -2.37. The Morgan fingerprint density at radius 3 is 1.52 bits per heavy atom. The molecule has 0 aliphatic carbocycles. The minimum Gasteiger partial charge on any atom is -0.289 e. The molecule has 0 radical (unpaired) electrons. The molecule has 0 aromatic heterocycles. The van der Waals surface area contributed by atoms with E-state index in [1.165, 1.54) is 0 Å². The molecule has 0 saturated carbocycles. The zero-order valence-electron chi connectivity index (χ0n) is 15.1. The van der Waals surface area contributed by atoms with Crippen molar-refractivity contribution in [2.45, 2.75) is 0 Å². The van der Waals surface area contributed by atoms with Gasteiger partial charge in [-0.15, -0.1) is 0 Å². The minimum atomic E-state index is -3.09. The average Bonchev–Trinajstić information content (AvgIpc) is 2.75. The number of fused-ring (bicyclic) bond motifs is 11. The zero-order valence-corrected chi connectivity index (χ0v) is 19.2. The van der Waals surface area contributed by atoms with Crippen molar-refractivity contribution in [3.05, 3.63) is 93.9 Å². The van der Waals surface area contributed by atoms with Crippen LogP contribution in [0.1, 0.15) is 0 Å². The van der Waals surface area contributed by atoms with Gasteiger partial charge in [-0.1, -0.05) is 68.3 Å². The summed E-state index contributed by atoms with van der Waals surface area (Å²) in [5.41, 5.74) is 6.23. The Hall–Kier alpha value is -2.13. The fourth-order valence-electron chi connectivity index (χ4n) is 4.53. The number of nitrogens with zero attached hydrogens (tertiary/aromatic N) is 1. The maximum Gasteiger partial charge on any atom is 0.235 e. The summed E-state index contributed by atoms with van der Waals surface area (Å²) < 4.78 is 19.2. The summed E-state index contributed by atoms with van der Waals surface area (Å²) in [6, 6.07) is 28.6. The number of anilines is 2. The van der Waals surface area contributed by atoms with E-state index in [1.54, 1.807) is 0 Å². The summed E-state index contributed by atoms with van der Waals surface area (Å²) in [6.07, 6.45) is 0. The van der Waals surface area contributed by atoms with Crippen LogP contribution in [-0.2, 0) is 4.57 Å². The van der Waals surface area contributed by atoms with Crippen molar-refractivity contribution in [1.29, 1.82) is 0 Å². The van der Waals surface area contributed by atoms with Crippen molar-refractivity contribution >= 4 is 61.1 Å². The highest BCUT2D eigenvalue weighted by Crippen LogP contribution is 2.65. The number of halogens is 2. The molecule has 4 aromatic rings. The average molecular weight is 523 g/mol. The van der Waals surface area contributed by atoms with E-state index in [0.29, 0.717) is 0 Å². The van der Waals surface area contributed by atoms with Gasteiger partial charge in [0.15, 0.2) is 0 Å². The summed E-state index contributed by atoms with van der Waals surface area (Å²) in [5.74, 6) is 0. The van der Waals surface area contributed by atoms with Crippen LogP contribution in [0.5, 0.6) is 0 Å². The standard InChI is InChI=1S/C24H14Br2NOP/c25-15-9-11-21-19(13-15)17-5-1-3-7-23(17)29(28)24-8-4-2-6-18(24)20-14-16(26)10-12-22(20)27(21)29/h1-14H. The normalized spacial score (nSPS) is 14.9. The van der Waals surface area contributed by atoms with Crippen molar-refractivity contribution in [3.8, 4) is 22.3 Å². The molecule has 29 heavy (non-hydrogen) atoms. The number of hydrogen-bond acceptors (Lipinski definition) is 1. The second kappa shape index (κ2) is 6.18. The summed E-state index contributed by atoms with van der Waals surface area (Å²) >= 11 is 7.23. The Balaban J connectivity index is 1.82. The van der Waals surface area contributed by atoms with E-state index in [2.05, 4.69) is 72.9 Å². The number of benzene rings is 4. The topological polar surface area (TPSA) is 20.3 Å². The van der Waals surface area contributed by atoms with Gasteiger partial charge in [-0.3, -0.25) is 9.24 Å². The first-order valence-corrected chi connectivity index (χ1v) is 12.5. The summed E-state index contributed by atoms with van der Waals surface area (Å²) in [4.78, 5) is 0. The molecule has 2 aliphatic rings. The quantitative estimate of drug-likeness (QED) is 0.227. The Kier molecular flexibility index (Phi) is 3.78. The molecule has 0 bridgehead atoms. The molecule has 0 fully saturated rings. The van der Waals surface area contributed by atoms with Gasteiger partial charge in [0.1, 0.15) is 0 Å². The van der Waals surface area contributed by atoms with Gasteiger partial charge >= 0.3 is 0 Å². The van der Waals surface area contributed by atoms with Crippen LogP contribution >= 0.6 is 39.2 Å². The van der Waals surface area contributed by atoms with E-state index in [4.69, 9.17) is 0 Å². The molecule has 4 aromatic carbocycles. The van der Waals surface area contributed by atoms with Gasteiger partial charge in [-0.05, 0) is 59.7 Å². The highest BCUT2D eigenvalue weighted by molar-refractivity contribution is 9.10. The monoisotopic (exact) mass is 521 g/mol. The van der Waals surface area contributed by atoms with Gasteiger partial charge in [0.25, 0.3) is 0 Å². The van der Waals surface area contributed by atoms with Gasteiger partial charge in [0, 0.05) is 30.7 Å². The molecule has 2 aliphatic heterocycles. The van der Waals surface area contributed by atoms with E-state index in [1.807, 2.05) is 48.5 Å². The van der Waals surface area contributed by atoms with Crippen LogP contribution in [-0.4, -0.2) is 0 Å². The lowest BCUT2D eigenvalue weighted by Gasteiger charge is -2.44. The van der Waals surface area contributed by atoms with Gasteiger partial charge in [0.05, 0.1) is 11.4 Å². The molecular formula is C24H14Br2NOP. The third kappa shape index (κ3) is 2.31. The van der Waals surface area contributed by atoms with Gasteiger partial charge in [-0.2, -0.15) is 0 Å². The van der Waals surface area contributed by atoms with Crippen LogP contribution in [0, 0.1) is 0 Å². The van der Waals surface area contributed by atoms with E-state index < -0.39 is 7.29 Å². The van der Waals surface area contributed by atoms with Gasteiger partial charge in [-0.25, -0.2) is 0 Å². The van der Waals surface area contributed by atoms with E-state index in [-0.39, 0.29) is 0 Å². The summed E-state index contributed by atoms with van der Waals surface area (Å²) in [6.45, 7) is 0. The second-order valence-electron chi connectivity index (χ2n) is 7.25. The predicted octanol–water partition coefficient (Wildman–Crippen LogP) is 7.24. The fraction of sp³-hybridized carbons (Fsp3) is 0. The third-order valence-electron chi connectivity index (χ3n) is 5.70. The summed E-state index contributed by atoms with van der Waals surface area (Å²) in [5, 5.41) is 1.79. The molecule has 0 unspecified atom stereocenters. The number of rotatable bonds is 0. The summed E-state index contributed by atoms with van der Waals surface area (Å²) in [7, 11) is -3.09. The van der Waals surface area contributed by atoms with Crippen LogP contribution in [0.2, 0.25) is 0 Å². The molecule has 140 valence electrons. The van der Waals surface area contributed by atoms with Crippen molar-refractivity contribution in [1.82, 2.24) is 0 Å². The van der Waals surface area contributed by atoms with Crippen molar-refractivity contribution in [2.24, 2.45) is 0 Å². The van der Waals surface area contributed by atoms with Gasteiger partial charge < -0.3 is 0 Å². The maximum absolute atomic E-state index is 15.1. The van der Waals surface area contributed by atoms with Crippen LogP contribution in [0.25, 0.3) is 22.3 Å². The number of hydrogen-bond donors (Lipinski definition) is 0. The highest BCUT2D eigenvalue weighted by atomic mass is 79.9. The Bertz CT molecular complexity index is 1280. The Labute approximate surface area is 185 Å². The third-order valence-corrected chi connectivity index (χ3v) is 9.76. The van der Waals surface area contributed by atoms with Crippen molar-refractivity contribution < 1.29 is 4.57 Å². The Morgan fingerprint density at radius 2 is 1.03 bits per heavy atom. The molecule has 0 amide bonds. The van der Waals surface area contributed by atoms with E-state index in [0.717, 1.165) is 53.2 Å². The molecule has 6 rings (SSSR count). The van der Waals surface area contributed by atoms with Crippen LogP contribution in [0.15, 0.2) is 93.9 Å². The highest BCUT2D eigenvalue weighted by Gasteiger charge is 2.47. The lowest BCUT2D eigenvalue weighted by atomic mass is 10.00. The first kappa shape index (κ1) is 17.7. The smallest absolute Gasteiger partial charge is 0.235 e. The SMILES string of the molecule is O=P12c3ccccc3-c3cc(Br)ccc3N1c1ccc(Br)cc1-c1ccccc12. The first-order chi connectivity index (χ1) is 14.1. The minimum absolute atomic E-state index is 0.895. The van der Waals surface area contributed by atoms with Crippen LogP contribution in [0.3, 0.4) is 0 Å². The zero-order chi connectivity index (χ0) is 19.8. The molecule has 5 heteroatoms. The molecule has 0 atom stereocenters. The largest absolute Gasteiger partial charge is 0.289 e. The molecule has 0 spiro atoms. The molecule has 2 nitrogen and oxygen atoms in total. The molecular weight excluding hydrogens is 509 g/mol. The molecule has 0 saturated heterocycles. The van der Waals surface area contributed by atoms with E-state index >= 15 is 4.57 Å². The van der Waals surface area contributed by atoms with Crippen LogP contribution < -0.4 is 15.3 Å². The van der Waals surface area contributed by atoms with Gasteiger partial charge in [0.2, 0.25) is 7.29 Å². The second-order valence-corrected chi connectivity index (χ2v) is 11.6. The van der Waals surface area contributed by atoms with Crippen LogP contribution in [0.4, 0.5) is 11.4 Å². The van der Waals surface area contributed by atoms with Crippen molar-refractivity contribution in [3.63, 3.8) is 0 Å². The van der Waals surface area contributed by atoms with E-state index in [9.17, 15) is 0 Å². The fourth-order valence-corrected chi connectivity index (χ4v) is 8.51. The van der Waals surface area contributed by atoms with Crippen molar-refractivity contribution in [2.75, 3.05) is 4.67 Å².